The fourth-order valence-corrected chi connectivity index (χ4v) is 3.70. The average Bonchev–Trinajstić information content (AvgIpc) is 3.23. The predicted molar refractivity (Wildman–Crippen MR) is 110 cm³/mol. The number of aromatic nitrogens is 3. The minimum atomic E-state index is -0.454. The van der Waals surface area contributed by atoms with E-state index in [-0.39, 0.29) is 5.56 Å². The van der Waals surface area contributed by atoms with Crippen molar-refractivity contribution < 1.29 is 19.1 Å². The Morgan fingerprint density at radius 2 is 1.70 bits per heavy atom. The highest BCUT2D eigenvalue weighted by atomic mass is 32.1. The number of nitrogens with zero attached hydrogens (tertiary/aromatic N) is 3. The van der Waals surface area contributed by atoms with Crippen molar-refractivity contribution in [2.45, 2.75) is 13.8 Å². The van der Waals surface area contributed by atoms with E-state index in [0.29, 0.717) is 32.4 Å². The second kappa shape index (κ2) is 7.88. The lowest BCUT2D eigenvalue weighted by molar-refractivity contribution is -0.132. The molecule has 2 aromatic carbocycles. The molecule has 9 heteroatoms. The monoisotopic (exact) mass is 421 g/mol. The number of carbonyl (C=O) groups excluding carboxylic acids is 2. The maximum absolute atomic E-state index is 12.7. The molecule has 4 rings (SSSR count). The Morgan fingerprint density at radius 3 is 2.37 bits per heavy atom. The van der Waals surface area contributed by atoms with Gasteiger partial charge in [-0.1, -0.05) is 35.6 Å². The number of rotatable bonds is 4. The Kier molecular flexibility index (Phi) is 5.11. The molecule has 0 amide bonds. The summed E-state index contributed by atoms with van der Waals surface area (Å²) < 4.78 is 11.9. The zero-order chi connectivity index (χ0) is 21.3. The molecule has 0 N–H and O–H groups in total. The van der Waals surface area contributed by atoms with Gasteiger partial charge in [-0.05, 0) is 35.9 Å². The van der Waals surface area contributed by atoms with Gasteiger partial charge in [0.1, 0.15) is 11.5 Å². The topological polar surface area (TPSA) is 99.9 Å². The van der Waals surface area contributed by atoms with E-state index in [4.69, 9.17) is 9.47 Å². The number of thiazole rings is 1. The van der Waals surface area contributed by atoms with Crippen LogP contribution in [0.1, 0.15) is 19.4 Å². The Balaban J connectivity index is 1.70. The number of hydrogen-bond donors (Lipinski definition) is 0. The normalized spacial score (nSPS) is 11.6. The van der Waals surface area contributed by atoms with E-state index < -0.39 is 11.9 Å². The van der Waals surface area contributed by atoms with Gasteiger partial charge in [0.25, 0.3) is 5.56 Å². The summed E-state index contributed by atoms with van der Waals surface area (Å²) in [4.78, 5) is 39.9. The SMILES string of the molecule is CC(=O)Oc1ccc(C=c2sc3nc(-c4ccccc4OC(C)=O)nn3c2=O)cc1. The summed E-state index contributed by atoms with van der Waals surface area (Å²) >= 11 is 1.20. The number of hydrogen-bond acceptors (Lipinski definition) is 8. The van der Waals surface area contributed by atoms with Crippen molar-refractivity contribution in [3.63, 3.8) is 0 Å². The van der Waals surface area contributed by atoms with E-state index in [0.717, 1.165) is 5.56 Å². The van der Waals surface area contributed by atoms with Gasteiger partial charge in [0, 0.05) is 13.8 Å². The van der Waals surface area contributed by atoms with Crippen molar-refractivity contribution in [3.05, 3.63) is 69.0 Å². The second-order valence-corrected chi connectivity index (χ2v) is 7.31. The molecule has 8 nitrogen and oxygen atoms in total. The summed E-state index contributed by atoms with van der Waals surface area (Å²) in [7, 11) is 0. The molecular formula is C21H15N3O5S. The van der Waals surface area contributed by atoms with E-state index in [2.05, 4.69) is 10.1 Å². The first-order valence-corrected chi connectivity index (χ1v) is 9.70. The Hall–Kier alpha value is -3.85. The van der Waals surface area contributed by atoms with Crippen LogP contribution in [0.2, 0.25) is 0 Å². The van der Waals surface area contributed by atoms with Gasteiger partial charge < -0.3 is 9.47 Å². The van der Waals surface area contributed by atoms with E-state index >= 15 is 0 Å². The highest BCUT2D eigenvalue weighted by Crippen LogP contribution is 2.27. The number of ether oxygens (including phenoxy) is 2. The Bertz CT molecular complexity index is 1370. The molecule has 2 aromatic heterocycles. The van der Waals surface area contributed by atoms with Crippen molar-refractivity contribution in [2.75, 3.05) is 0 Å². The molecule has 0 saturated carbocycles. The molecule has 30 heavy (non-hydrogen) atoms. The summed E-state index contributed by atoms with van der Waals surface area (Å²) in [6, 6.07) is 13.7. The third-order valence-corrected chi connectivity index (χ3v) is 4.96. The predicted octanol–water partition coefficient (Wildman–Crippen LogP) is 2.22. The molecule has 0 fully saturated rings. The van der Waals surface area contributed by atoms with Gasteiger partial charge in [0.05, 0.1) is 10.1 Å². The molecule has 4 aromatic rings. The van der Waals surface area contributed by atoms with Gasteiger partial charge in [-0.3, -0.25) is 14.4 Å². The number of benzene rings is 2. The number of esters is 2. The van der Waals surface area contributed by atoms with E-state index in [9.17, 15) is 14.4 Å². The molecule has 0 atom stereocenters. The minimum absolute atomic E-state index is 0.299. The van der Waals surface area contributed by atoms with Gasteiger partial charge in [-0.25, -0.2) is 0 Å². The van der Waals surface area contributed by atoms with E-state index in [1.54, 1.807) is 54.6 Å². The van der Waals surface area contributed by atoms with E-state index in [1.165, 1.54) is 29.7 Å². The second-order valence-electron chi connectivity index (χ2n) is 6.30. The first kappa shape index (κ1) is 19.5. The molecule has 0 bridgehead atoms. The third kappa shape index (κ3) is 3.96. The average molecular weight is 421 g/mol. The molecule has 0 radical (unpaired) electrons. The third-order valence-electron chi connectivity index (χ3n) is 4.00. The van der Waals surface area contributed by atoms with Crippen LogP contribution in [0.15, 0.2) is 53.3 Å². The van der Waals surface area contributed by atoms with Gasteiger partial charge in [-0.15, -0.1) is 5.10 Å². The van der Waals surface area contributed by atoms with Crippen molar-refractivity contribution in [3.8, 4) is 22.9 Å². The van der Waals surface area contributed by atoms with Crippen LogP contribution in [0.4, 0.5) is 0 Å². The molecule has 2 heterocycles. The van der Waals surface area contributed by atoms with Gasteiger partial charge in [-0.2, -0.15) is 9.50 Å². The van der Waals surface area contributed by atoms with Crippen LogP contribution < -0.4 is 19.6 Å². The highest BCUT2D eigenvalue weighted by Gasteiger charge is 2.16. The highest BCUT2D eigenvalue weighted by molar-refractivity contribution is 7.15. The first-order chi connectivity index (χ1) is 14.4. The Morgan fingerprint density at radius 1 is 1.00 bits per heavy atom. The van der Waals surface area contributed by atoms with Crippen LogP contribution in [-0.2, 0) is 9.59 Å². The van der Waals surface area contributed by atoms with Crippen LogP contribution in [0.3, 0.4) is 0 Å². The van der Waals surface area contributed by atoms with Gasteiger partial charge >= 0.3 is 11.9 Å². The quantitative estimate of drug-likeness (QED) is 0.368. The van der Waals surface area contributed by atoms with Gasteiger partial charge in [0.15, 0.2) is 5.82 Å². The van der Waals surface area contributed by atoms with Crippen LogP contribution in [0.5, 0.6) is 11.5 Å². The van der Waals surface area contributed by atoms with Crippen molar-refractivity contribution in [1.82, 2.24) is 14.6 Å². The van der Waals surface area contributed by atoms with Crippen molar-refractivity contribution in [1.29, 1.82) is 0 Å². The summed E-state index contributed by atoms with van der Waals surface area (Å²) in [6.07, 6.45) is 1.72. The first-order valence-electron chi connectivity index (χ1n) is 8.88. The maximum atomic E-state index is 12.7. The van der Waals surface area contributed by atoms with Crippen LogP contribution in [0, 0.1) is 0 Å². The molecule has 0 aliphatic carbocycles. The lowest BCUT2D eigenvalue weighted by Crippen LogP contribution is -2.23. The molecule has 0 spiro atoms. The van der Waals surface area contributed by atoms with Crippen LogP contribution >= 0.6 is 11.3 Å². The maximum Gasteiger partial charge on any atom is 0.308 e. The largest absolute Gasteiger partial charge is 0.427 e. The molecule has 150 valence electrons. The minimum Gasteiger partial charge on any atom is -0.427 e. The lowest BCUT2D eigenvalue weighted by atomic mass is 10.2. The number of fused-ring (bicyclic) bond motifs is 1. The Labute approximate surface area is 174 Å². The zero-order valence-corrected chi connectivity index (χ0v) is 16.8. The van der Waals surface area contributed by atoms with Crippen molar-refractivity contribution >= 4 is 34.3 Å². The zero-order valence-electron chi connectivity index (χ0n) is 16.0. The summed E-state index contributed by atoms with van der Waals surface area (Å²) in [5.74, 6) is 0.207. The smallest absolute Gasteiger partial charge is 0.308 e. The van der Waals surface area contributed by atoms with E-state index in [1.807, 2.05) is 0 Å². The summed E-state index contributed by atoms with van der Waals surface area (Å²) in [5.41, 5.74) is 0.991. The molecule has 0 saturated heterocycles. The molecular weight excluding hydrogens is 406 g/mol. The van der Waals surface area contributed by atoms with Crippen LogP contribution in [-0.4, -0.2) is 26.5 Å². The molecule has 0 aliphatic heterocycles. The van der Waals surface area contributed by atoms with Gasteiger partial charge in [0.2, 0.25) is 4.96 Å². The molecule has 0 unspecified atom stereocenters. The number of para-hydroxylation sites is 1. The standard InChI is InChI=1S/C21H15N3O5S/c1-12(25)28-15-9-7-14(8-10-15)11-18-20(27)24-21(30-18)22-19(23-24)16-5-3-4-6-17(16)29-13(2)26/h3-11H,1-2H3. The van der Waals surface area contributed by atoms with Crippen molar-refractivity contribution in [2.24, 2.45) is 0 Å². The number of carbonyl (C=O) groups is 2. The fraction of sp³-hybridized carbons (Fsp3) is 0.0952. The fourth-order valence-electron chi connectivity index (χ4n) is 2.79. The summed E-state index contributed by atoms with van der Waals surface area (Å²) in [5, 5.41) is 4.29. The molecule has 0 aliphatic rings. The van der Waals surface area contributed by atoms with Crippen LogP contribution in [0.25, 0.3) is 22.4 Å². The lowest BCUT2D eigenvalue weighted by Gasteiger charge is -2.04. The summed E-state index contributed by atoms with van der Waals surface area (Å²) in [6.45, 7) is 2.64.